The molecule has 0 aliphatic carbocycles. The molecule has 0 fully saturated rings. The highest BCUT2D eigenvalue weighted by Gasteiger charge is 2.24. The number of carbonyl (C=O) groups excluding carboxylic acids is 1. The van der Waals surface area contributed by atoms with Crippen LogP contribution in [0.5, 0.6) is 0 Å². The van der Waals surface area contributed by atoms with Crippen LogP contribution in [0.15, 0.2) is 4.99 Å². The van der Waals surface area contributed by atoms with Crippen molar-refractivity contribution in [1.82, 2.24) is 0 Å². The van der Waals surface area contributed by atoms with Crippen molar-refractivity contribution >= 4 is 35.2 Å². The fraction of sp³-hybridized carbons (Fsp3) is 0.600. The van der Waals surface area contributed by atoms with Gasteiger partial charge in [-0.2, -0.15) is 4.99 Å². The minimum atomic E-state index is -0.0833. The molecule has 0 bridgehead atoms. The number of hydrogen-bond donors (Lipinski definition) is 1. The lowest BCUT2D eigenvalue weighted by Gasteiger charge is -1.97. The van der Waals surface area contributed by atoms with Gasteiger partial charge >= 0.3 is 0 Å². The highest BCUT2D eigenvalue weighted by molar-refractivity contribution is 8.15. The van der Waals surface area contributed by atoms with Crippen LogP contribution in [0.1, 0.15) is 13.3 Å². The number of hydrogen-bond acceptors (Lipinski definition) is 3. The van der Waals surface area contributed by atoms with E-state index in [-0.39, 0.29) is 23.6 Å². The van der Waals surface area contributed by atoms with Crippen LogP contribution in [-0.2, 0) is 4.79 Å². The summed E-state index contributed by atoms with van der Waals surface area (Å²) < 4.78 is 0. The zero-order valence-corrected chi connectivity index (χ0v) is 7.17. The Hall–Kier alpha value is -0.220. The highest BCUT2D eigenvalue weighted by atomic mass is 35.5. The Morgan fingerprint density at radius 1 is 1.80 bits per heavy atom. The maximum Gasteiger partial charge on any atom is 0.261 e. The molecule has 0 spiro atoms. The van der Waals surface area contributed by atoms with E-state index in [1.165, 1.54) is 11.8 Å². The summed E-state index contributed by atoms with van der Waals surface area (Å²) in [6.45, 7) is 1.95. The van der Waals surface area contributed by atoms with Gasteiger partial charge in [-0.25, -0.2) is 0 Å². The number of carbonyl (C=O) groups is 1. The van der Waals surface area contributed by atoms with Gasteiger partial charge in [0.2, 0.25) is 0 Å². The van der Waals surface area contributed by atoms with Crippen molar-refractivity contribution in [2.45, 2.75) is 18.6 Å². The van der Waals surface area contributed by atoms with Crippen LogP contribution < -0.4 is 5.73 Å². The van der Waals surface area contributed by atoms with Crippen LogP contribution in [0.25, 0.3) is 0 Å². The van der Waals surface area contributed by atoms with Crippen molar-refractivity contribution in [2.24, 2.45) is 10.7 Å². The number of nitrogens with two attached hydrogens (primary N) is 1. The maximum atomic E-state index is 10.7. The summed E-state index contributed by atoms with van der Waals surface area (Å²) in [7, 11) is 0. The Morgan fingerprint density at radius 3 is 2.60 bits per heavy atom. The molecular weight excluding hydrogens is 172 g/mol. The number of amides is 1. The minimum absolute atomic E-state index is 0. The molecule has 1 aliphatic heterocycles. The van der Waals surface area contributed by atoms with Crippen LogP contribution in [0.3, 0.4) is 0 Å². The highest BCUT2D eigenvalue weighted by Crippen LogP contribution is 2.21. The third-order valence-electron chi connectivity index (χ3n) is 1.13. The van der Waals surface area contributed by atoms with Gasteiger partial charge in [-0.05, 0) is 6.42 Å². The average molecular weight is 181 g/mol. The predicted molar refractivity (Wildman–Crippen MR) is 45.5 cm³/mol. The molecule has 0 saturated carbocycles. The summed E-state index contributed by atoms with van der Waals surface area (Å²) in [5.41, 5.74) is 5.28. The van der Waals surface area contributed by atoms with Crippen LogP contribution in [0.4, 0.5) is 0 Å². The number of thioether (sulfide) groups is 1. The fourth-order valence-electron chi connectivity index (χ4n) is 0.661. The van der Waals surface area contributed by atoms with Gasteiger partial charge in [0.1, 0.15) is 0 Å². The minimum Gasteiger partial charge on any atom is -0.378 e. The van der Waals surface area contributed by atoms with Gasteiger partial charge in [0, 0.05) is 0 Å². The van der Waals surface area contributed by atoms with Gasteiger partial charge in [-0.3, -0.25) is 4.79 Å². The van der Waals surface area contributed by atoms with E-state index in [1.54, 1.807) is 0 Å². The first-order chi connectivity index (χ1) is 4.24. The largest absolute Gasteiger partial charge is 0.378 e. The molecular formula is C5H9ClN2OS. The van der Waals surface area contributed by atoms with E-state index in [0.717, 1.165) is 6.42 Å². The van der Waals surface area contributed by atoms with E-state index in [2.05, 4.69) is 4.99 Å². The van der Waals surface area contributed by atoms with Crippen molar-refractivity contribution in [1.29, 1.82) is 0 Å². The van der Waals surface area contributed by atoms with Gasteiger partial charge in [0.05, 0.1) is 5.25 Å². The van der Waals surface area contributed by atoms with Crippen molar-refractivity contribution in [3.63, 3.8) is 0 Å². The van der Waals surface area contributed by atoms with Crippen molar-refractivity contribution < 1.29 is 4.79 Å². The quantitative estimate of drug-likeness (QED) is 0.649. The first-order valence-corrected chi connectivity index (χ1v) is 3.66. The van der Waals surface area contributed by atoms with E-state index in [9.17, 15) is 4.79 Å². The summed E-state index contributed by atoms with van der Waals surface area (Å²) in [6, 6.07) is 0. The zero-order chi connectivity index (χ0) is 6.85. The van der Waals surface area contributed by atoms with Crippen LogP contribution in [0, 0.1) is 0 Å². The maximum absolute atomic E-state index is 10.7. The lowest BCUT2D eigenvalue weighted by atomic mass is 10.3. The number of rotatable bonds is 1. The number of aliphatic imine (C=N–C) groups is 1. The summed E-state index contributed by atoms with van der Waals surface area (Å²) in [4.78, 5) is 14.3. The van der Waals surface area contributed by atoms with Gasteiger partial charge in [0.25, 0.3) is 5.91 Å². The summed E-state index contributed by atoms with van der Waals surface area (Å²) >= 11 is 1.35. The van der Waals surface area contributed by atoms with Gasteiger partial charge in [-0.15, -0.1) is 12.4 Å². The summed E-state index contributed by atoms with van der Waals surface area (Å²) in [5, 5.41) is 0.400. The van der Waals surface area contributed by atoms with Crippen molar-refractivity contribution in [3.8, 4) is 0 Å². The zero-order valence-electron chi connectivity index (χ0n) is 5.53. The molecule has 1 amide bonds. The monoisotopic (exact) mass is 180 g/mol. The molecule has 2 N–H and O–H groups in total. The number of nitrogens with zero attached hydrogens (tertiary/aromatic N) is 1. The molecule has 5 heteroatoms. The SMILES string of the molecule is CCC1SC(N)=NC1=O.Cl. The molecule has 1 aliphatic rings. The molecule has 0 saturated heterocycles. The van der Waals surface area contributed by atoms with Gasteiger partial charge in [-0.1, -0.05) is 18.7 Å². The normalized spacial score (nSPS) is 23.9. The topological polar surface area (TPSA) is 55.4 Å². The van der Waals surface area contributed by atoms with E-state index < -0.39 is 0 Å². The van der Waals surface area contributed by atoms with E-state index >= 15 is 0 Å². The van der Waals surface area contributed by atoms with E-state index in [0.29, 0.717) is 5.17 Å². The molecule has 58 valence electrons. The molecule has 0 radical (unpaired) electrons. The molecule has 1 rings (SSSR count). The predicted octanol–water partition coefficient (Wildman–Crippen LogP) is 0.775. The number of halogens is 1. The second kappa shape index (κ2) is 3.83. The molecule has 1 atom stereocenters. The lowest BCUT2D eigenvalue weighted by Crippen LogP contribution is -2.08. The molecule has 0 aromatic rings. The third-order valence-corrected chi connectivity index (χ3v) is 2.28. The van der Waals surface area contributed by atoms with E-state index in [4.69, 9.17) is 5.73 Å². The van der Waals surface area contributed by atoms with Gasteiger partial charge in [0.15, 0.2) is 5.17 Å². The van der Waals surface area contributed by atoms with Gasteiger partial charge < -0.3 is 5.73 Å². The van der Waals surface area contributed by atoms with Crippen molar-refractivity contribution in [2.75, 3.05) is 0 Å². The van der Waals surface area contributed by atoms with Crippen LogP contribution in [-0.4, -0.2) is 16.3 Å². The Labute approximate surface area is 69.9 Å². The van der Waals surface area contributed by atoms with Crippen molar-refractivity contribution in [3.05, 3.63) is 0 Å². The summed E-state index contributed by atoms with van der Waals surface area (Å²) in [5.74, 6) is -0.0833. The first-order valence-electron chi connectivity index (χ1n) is 2.78. The summed E-state index contributed by atoms with van der Waals surface area (Å²) in [6.07, 6.45) is 0.813. The molecule has 1 heterocycles. The third kappa shape index (κ3) is 1.88. The Bertz CT molecular complexity index is 171. The Kier molecular flexibility index (Phi) is 3.75. The second-order valence-corrected chi connectivity index (χ2v) is 3.03. The first kappa shape index (κ1) is 9.78. The average Bonchev–Trinajstić information content (AvgIpc) is 2.10. The fourth-order valence-corrected chi connectivity index (χ4v) is 1.42. The number of amidine groups is 1. The van der Waals surface area contributed by atoms with Crippen LogP contribution >= 0.6 is 24.2 Å². The molecule has 1 unspecified atom stereocenters. The molecule has 10 heavy (non-hydrogen) atoms. The second-order valence-electron chi connectivity index (χ2n) is 1.80. The molecule has 0 aromatic carbocycles. The Morgan fingerprint density at radius 2 is 2.40 bits per heavy atom. The van der Waals surface area contributed by atoms with Crippen LogP contribution in [0.2, 0.25) is 0 Å². The van der Waals surface area contributed by atoms with E-state index in [1.807, 2.05) is 6.92 Å². The molecule has 3 nitrogen and oxygen atoms in total. The smallest absolute Gasteiger partial charge is 0.261 e. The molecule has 0 aromatic heterocycles. The standard InChI is InChI=1S/C5H8N2OS.ClH/c1-2-3-4(8)7-5(6)9-3;/h3H,2H2,1H3,(H2,6,7,8);1H. The Balaban J connectivity index is 0.000000810. The lowest BCUT2D eigenvalue weighted by molar-refractivity contribution is -0.117.